The van der Waals surface area contributed by atoms with Crippen molar-refractivity contribution < 1.29 is 23.9 Å². The summed E-state index contributed by atoms with van der Waals surface area (Å²) < 4.78 is 10.8. The van der Waals surface area contributed by atoms with Gasteiger partial charge in [0, 0.05) is 44.3 Å². The van der Waals surface area contributed by atoms with Crippen LogP contribution in [0.2, 0.25) is 0 Å². The molecule has 2 aliphatic heterocycles. The van der Waals surface area contributed by atoms with Gasteiger partial charge in [-0.3, -0.25) is 4.79 Å². The van der Waals surface area contributed by atoms with Crippen LogP contribution in [0.5, 0.6) is 0 Å². The number of piperidine rings is 1. The number of rotatable bonds is 6. The normalized spacial score (nSPS) is 19.3. The first-order valence-corrected chi connectivity index (χ1v) is 15.0. The minimum atomic E-state index is -0.481. The molecule has 42 heavy (non-hydrogen) atoms. The fraction of sp³-hybridized carbons (Fsp3) is 0.545. The molecule has 0 aliphatic carbocycles. The zero-order valence-corrected chi connectivity index (χ0v) is 26.0. The Balaban J connectivity index is 1.41. The number of carbonyl (C=O) groups excluding carboxylic acids is 3. The van der Waals surface area contributed by atoms with E-state index in [0.29, 0.717) is 25.6 Å². The summed E-state index contributed by atoms with van der Waals surface area (Å²) in [5, 5.41) is 6.65. The molecule has 1 saturated heterocycles. The fourth-order valence-corrected chi connectivity index (χ4v) is 5.72. The van der Waals surface area contributed by atoms with Gasteiger partial charge < -0.3 is 29.9 Å². The lowest BCUT2D eigenvalue weighted by molar-refractivity contribution is -0.117. The zero-order valence-electron chi connectivity index (χ0n) is 26.0. The summed E-state index contributed by atoms with van der Waals surface area (Å²) in [6, 6.07) is 14.6. The molecule has 0 radical (unpaired) electrons. The topological polar surface area (TPSA) is 100 Å². The molecule has 2 aliphatic rings. The number of alkyl carbamates (subject to hydrolysis) is 1. The lowest BCUT2D eigenvalue weighted by Gasteiger charge is -2.39. The summed E-state index contributed by atoms with van der Waals surface area (Å²) in [4.78, 5) is 40.9. The Kier molecular flexibility index (Phi) is 9.82. The molecule has 0 bridgehead atoms. The maximum absolute atomic E-state index is 12.5. The maximum atomic E-state index is 12.5. The highest BCUT2D eigenvalue weighted by Crippen LogP contribution is 2.39. The van der Waals surface area contributed by atoms with Crippen molar-refractivity contribution in [3.05, 3.63) is 53.6 Å². The second kappa shape index (κ2) is 13.2. The van der Waals surface area contributed by atoms with E-state index in [1.807, 2.05) is 53.7 Å². The number of anilines is 1. The van der Waals surface area contributed by atoms with Crippen LogP contribution in [-0.4, -0.2) is 59.9 Å². The summed E-state index contributed by atoms with van der Waals surface area (Å²) >= 11 is 0. The Labute approximate surface area is 249 Å². The molecule has 3 amide bonds. The van der Waals surface area contributed by atoms with E-state index in [1.54, 1.807) is 16.7 Å². The number of nitrogens with one attached hydrogen (secondary N) is 2. The summed E-state index contributed by atoms with van der Waals surface area (Å²) in [6.07, 6.45) is 1.47. The molecular weight excluding hydrogens is 532 g/mol. The van der Waals surface area contributed by atoms with Gasteiger partial charge in [-0.15, -0.1) is 0 Å². The van der Waals surface area contributed by atoms with E-state index < -0.39 is 11.7 Å². The second-order valence-electron chi connectivity index (χ2n) is 12.7. The molecule has 2 heterocycles. The molecule has 2 aromatic carbocycles. The number of hydrogen-bond donors (Lipinski definition) is 2. The van der Waals surface area contributed by atoms with Crippen LogP contribution in [0.15, 0.2) is 42.5 Å². The van der Waals surface area contributed by atoms with Crippen LogP contribution in [-0.2, 0) is 20.8 Å². The SMILES string of the molecule is CC(=O)N1c2ccc(-c3ccc(CNC4CCN(C(=O)OC(C)(C)C)CC4)cc3)cc2[C@H](NC(=O)OC(C)C)C[C@@H]1C. The van der Waals surface area contributed by atoms with Crippen molar-refractivity contribution in [2.75, 3.05) is 18.0 Å². The minimum Gasteiger partial charge on any atom is -0.447 e. The molecule has 9 nitrogen and oxygen atoms in total. The third-order valence-electron chi connectivity index (χ3n) is 7.68. The number of benzene rings is 2. The molecule has 0 saturated carbocycles. The van der Waals surface area contributed by atoms with E-state index in [1.165, 1.54) is 5.56 Å². The third-order valence-corrected chi connectivity index (χ3v) is 7.68. The number of nitrogens with zero attached hydrogens (tertiary/aromatic N) is 2. The molecule has 9 heteroatoms. The smallest absolute Gasteiger partial charge is 0.410 e. The zero-order chi connectivity index (χ0) is 30.6. The van der Waals surface area contributed by atoms with Crippen LogP contribution in [0.1, 0.15) is 84.9 Å². The van der Waals surface area contributed by atoms with Crippen molar-refractivity contribution in [1.29, 1.82) is 0 Å². The standard InChI is InChI=1S/C33H46N4O5/c1-21(2)41-31(39)35-29-18-22(3)37(23(4)38)30-13-12-26(19-28(29)30)25-10-8-24(9-11-25)20-34-27-14-16-36(17-15-27)32(40)42-33(5,6)7/h8-13,19,21-22,27,29,34H,14-18,20H2,1-7H3,(H,35,39)/t22-,29+/m0/s1. The number of amides is 3. The van der Waals surface area contributed by atoms with Crippen molar-refractivity contribution >= 4 is 23.8 Å². The molecule has 0 spiro atoms. The van der Waals surface area contributed by atoms with Crippen molar-refractivity contribution in [3.8, 4) is 11.1 Å². The first kappa shape index (κ1) is 31.3. The molecule has 0 unspecified atom stereocenters. The van der Waals surface area contributed by atoms with Crippen molar-refractivity contribution in [2.24, 2.45) is 0 Å². The average molecular weight is 579 g/mol. The number of carbonyl (C=O) groups is 3. The first-order valence-electron chi connectivity index (χ1n) is 15.0. The van der Waals surface area contributed by atoms with Gasteiger partial charge in [-0.05, 0) is 95.2 Å². The predicted molar refractivity (Wildman–Crippen MR) is 164 cm³/mol. The molecule has 2 atom stereocenters. The summed E-state index contributed by atoms with van der Waals surface area (Å²) in [5.74, 6) is -0.0212. The Morgan fingerprint density at radius 3 is 2.24 bits per heavy atom. The summed E-state index contributed by atoms with van der Waals surface area (Å²) in [5.41, 5.74) is 4.50. The van der Waals surface area contributed by atoms with Gasteiger partial charge in [0.1, 0.15) is 5.60 Å². The Morgan fingerprint density at radius 1 is 1.00 bits per heavy atom. The number of fused-ring (bicyclic) bond motifs is 1. The van der Waals surface area contributed by atoms with Crippen molar-refractivity contribution in [3.63, 3.8) is 0 Å². The largest absolute Gasteiger partial charge is 0.447 e. The number of hydrogen-bond acceptors (Lipinski definition) is 6. The van der Waals surface area contributed by atoms with Gasteiger partial charge in [0.15, 0.2) is 0 Å². The van der Waals surface area contributed by atoms with Gasteiger partial charge >= 0.3 is 12.2 Å². The highest BCUT2D eigenvalue weighted by Gasteiger charge is 2.34. The lowest BCUT2D eigenvalue weighted by atomic mass is 9.89. The molecule has 2 aromatic rings. The maximum Gasteiger partial charge on any atom is 0.410 e. The third kappa shape index (κ3) is 8.03. The van der Waals surface area contributed by atoms with Crippen LogP contribution in [0.4, 0.5) is 15.3 Å². The molecule has 4 rings (SSSR count). The van der Waals surface area contributed by atoms with Gasteiger partial charge in [-0.1, -0.05) is 30.3 Å². The van der Waals surface area contributed by atoms with Gasteiger partial charge in [0.05, 0.1) is 12.1 Å². The lowest BCUT2D eigenvalue weighted by Crippen LogP contribution is -2.46. The van der Waals surface area contributed by atoms with E-state index in [2.05, 4.69) is 41.0 Å². The van der Waals surface area contributed by atoms with E-state index in [4.69, 9.17) is 9.47 Å². The van der Waals surface area contributed by atoms with E-state index in [0.717, 1.165) is 41.8 Å². The fourth-order valence-electron chi connectivity index (χ4n) is 5.72. The van der Waals surface area contributed by atoms with E-state index in [-0.39, 0.29) is 30.2 Å². The van der Waals surface area contributed by atoms with E-state index >= 15 is 0 Å². The quantitative estimate of drug-likeness (QED) is 0.426. The number of likely N-dealkylation sites (tertiary alicyclic amines) is 1. The molecule has 1 fully saturated rings. The van der Waals surface area contributed by atoms with E-state index in [9.17, 15) is 14.4 Å². The van der Waals surface area contributed by atoms with Crippen molar-refractivity contribution in [1.82, 2.24) is 15.5 Å². The first-order chi connectivity index (χ1) is 19.8. The monoisotopic (exact) mass is 578 g/mol. The second-order valence-corrected chi connectivity index (χ2v) is 12.7. The summed E-state index contributed by atoms with van der Waals surface area (Å²) in [7, 11) is 0. The molecule has 2 N–H and O–H groups in total. The minimum absolute atomic E-state index is 0.0212. The van der Waals surface area contributed by atoms with Crippen LogP contribution >= 0.6 is 0 Å². The molecule has 228 valence electrons. The van der Waals surface area contributed by atoms with Gasteiger partial charge in [0.2, 0.25) is 5.91 Å². The predicted octanol–water partition coefficient (Wildman–Crippen LogP) is 6.16. The number of ether oxygens (including phenoxy) is 2. The Morgan fingerprint density at radius 2 is 1.64 bits per heavy atom. The van der Waals surface area contributed by atoms with Crippen LogP contribution < -0.4 is 15.5 Å². The van der Waals surface area contributed by atoms with Crippen molar-refractivity contribution in [2.45, 2.75) is 104 Å². The highest BCUT2D eigenvalue weighted by molar-refractivity contribution is 5.94. The Bertz CT molecular complexity index is 1260. The van der Waals surface area contributed by atoms with Crippen LogP contribution in [0, 0.1) is 0 Å². The van der Waals surface area contributed by atoms with Crippen LogP contribution in [0.25, 0.3) is 11.1 Å². The summed E-state index contributed by atoms with van der Waals surface area (Å²) in [6.45, 7) is 15.0. The molecular formula is C33H46N4O5. The average Bonchev–Trinajstić information content (AvgIpc) is 2.90. The van der Waals surface area contributed by atoms with Gasteiger partial charge in [-0.2, -0.15) is 0 Å². The van der Waals surface area contributed by atoms with Gasteiger partial charge in [-0.25, -0.2) is 9.59 Å². The highest BCUT2D eigenvalue weighted by atomic mass is 16.6. The van der Waals surface area contributed by atoms with Crippen LogP contribution in [0.3, 0.4) is 0 Å². The van der Waals surface area contributed by atoms with Gasteiger partial charge in [0.25, 0.3) is 0 Å². The molecule has 0 aromatic heterocycles. The Hall–Kier alpha value is -3.59.